The number of carbonyl (C=O) groups is 12. The third-order valence-corrected chi connectivity index (χ3v) is 20.9. The van der Waals surface area contributed by atoms with Crippen LogP contribution in [0, 0.1) is 0 Å². The van der Waals surface area contributed by atoms with E-state index in [1.165, 1.54) is 116 Å². The number of carbonyl (C=O) groups excluding carboxylic acids is 12. The minimum atomic E-state index is -2.18. The Kier molecular flexibility index (Phi) is 31.4. The predicted octanol–water partition coefficient (Wildman–Crippen LogP) is 9.55. The van der Waals surface area contributed by atoms with Crippen LogP contribution in [-0.2, 0) is 119 Å². The SMILES string of the molecule is CC(=O)O[C@H]1[C@H](OC(C)=O)[C@H](O[C@H]2[C@@H](OC(C)=O)[C@@H](CO[C@@H]3O[C@H](COC(=O)c4ccccc4)[C@H](OC(=O)c4ccccc4)[C@H](OC(=O)c4ccccc4)[C@H]3OC(=O)c3ccccc3)O[C@@H](OC[C@H]3O[C@@H](OCC[Si](C)(C)C)[C@H](OC(=O)c4ccccc4)[C@@H](OC(=O)c4ccccc4)[C@H]3OC(=O)c3ccccc3)[C@@H]2OC(C)=O)O[C@@H](C)[C@H]1OC(C)=O. The minimum absolute atomic E-state index is 0.00886. The lowest BCUT2D eigenvalue weighted by Gasteiger charge is -2.49. The molecule has 0 N–H and O–H groups in total. The first-order chi connectivity index (χ1) is 58.0. The van der Waals surface area contributed by atoms with Crippen molar-refractivity contribution in [3.05, 3.63) is 251 Å². The van der Waals surface area contributed by atoms with E-state index >= 15 is 0 Å². The summed E-state index contributed by atoms with van der Waals surface area (Å²) in [6, 6.07) is 53.7. The highest BCUT2D eigenvalue weighted by molar-refractivity contribution is 6.76. The molecule has 0 amide bonds. The molecule has 7 aromatic rings. The summed E-state index contributed by atoms with van der Waals surface area (Å²) in [4.78, 5) is 170. The fourth-order valence-corrected chi connectivity index (χ4v) is 14.3. The van der Waals surface area contributed by atoms with Gasteiger partial charge in [0.05, 0.1) is 58.3 Å². The molecule has 7 aromatic carbocycles. The summed E-state index contributed by atoms with van der Waals surface area (Å²) in [5, 5.41) is 0. The first kappa shape index (κ1) is 89.9. The highest BCUT2D eigenvalue weighted by atomic mass is 28.3. The molecule has 121 heavy (non-hydrogen) atoms. The second-order valence-electron chi connectivity index (χ2n) is 29.5. The van der Waals surface area contributed by atoms with Crippen LogP contribution in [0.1, 0.15) is 114 Å². The molecule has 33 heteroatoms. The molecule has 0 radical (unpaired) electrons. The maximum Gasteiger partial charge on any atom is 0.338 e. The zero-order valence-electron chi connectivity index (χ0n) is 67.4. The van der Waals surface area contributed by atoms with Crippen LogP contribution in [0.3, 0.4) is 0 Å². The van der Waals surface area contributed by atoms with Crippen molar-refractivity contribution < 1.29 is 152 Å². The predicted molar refractivity (Wildman–Crippen MR) is 420 cm³/mol. The first-order valence-electron chi connectivity index (χ1n) is 38.8. The number of ether oxygens (including phenoxy) is 20. The molecule has 20 atom stereocenters. The summed E-state index contributed by atoms with van der Waals surface area (Å²) >= 11 is 0. The molecule has 4 aliphatic heterocycles. The van der Waals surface area contributed by atoms with Gasteiger partial charge in [-0.05, 0) is 97.9 Å². The molecule has 640 valence electrons. The third kappa shape index (κ3) is 24.7. The van der Waals surface area contributed by atoms with Crippen molar-refractivity contribution in [2.24, 2.45) is 0 Å². The molecule has 0 spiro atoms. The largest absolute Gasteiger partial charge is 0.459 e. The van der Waals surface area contributed by atoms with Gasteiger partial charge in [-0.3, -0.25) is 24.0 Å². The molecule has 0 aliphatic carbocycles. The zero-order valence-corrected chi connectivity index (χ0v) is 68.4. The molecule has 4 saturated heterocycles. The average molecular weight is 1690 g/mol. The lowest BCUT2D eigenvalue weighted by molar-refractivity contribution is -0.369. The van der Waals surface area contributed by atoms with E-state index in [-0.39, 0.29) is 45.6 Å². The van der Waals surface area contributed by atoms with E-state index in [4.69, 9.17) is 94.7 Å². The second kappa shape index (κ2) is 42.3. The molecule has 4 heterocycles. The standard InChI is InChI=1S/C88H92O32Si/c1-50-66(106-51(2)89)70(108-53(4)91)77(110-55(6)93)88(105-50)120-73-67(107-52(3)90)64(48-104-87-76(119-84(100)62-43-29-16-30-44-62)72(117-82(98)60-39-25-14-26-40-60)68(114-79(95)57-33-19-11-20-34-57)63(112-87)47-102-78(94)56-31-17-10-18-32-56)113-86(74(73)109-54(5)92)103-49-65-69(115-80(96)58-35-21-12-22-36-58)71(116-81(97)59-37-23-13-24-38-59)75(85(111-65)101-45-46-121(7,8)9)118-83(99)61-41-27-15-28-42-61/h10-44,50,63-77,85-88H,45-49H2,1-9H3/t50-,63+,64+,65+,66+,67-,68-,69-,70+,71-,72-,73-,74+,75+,76+,77-,85+,86+,87+,88-/m0/s1. The Morgan fingerprint density at radius 3 is 0.826 bits per heavy atom. The van der Waals surface area contributed by atoms with Crippen molar-refractivity contribution in [3.63, 3.8) is 0 Å². The minimum Gasteiger partial charge on any atom is -0.459 e. The second-order valence-corrected chi connectivity index (χ2v) is 35.2. The van der Waals surface area contributed by atoms with Crippen molar-refractivity contribution in [1.82, 2.24) is 0 Å². The fourth-order valence-electron chi connectivity index (χ4n) is 13.6. The maximum atomic E-state index is 14.9. The number of hydrogen-bond acceptors (Lipinski definition) is 32. The molecule has 4 aliphatic rings. The smallest absolute Gasteiger partial charge is 0.338 e. The molecule has 0 unspecified atom stereocenters. The highest BCUT2D eigenvalue weighted by Gasteiger charge is 2.60. The van der Waals surface area contributed by atoms with Gasteiger partial charge in [0, 0.05) is 49.3 Å². The molecular weight excluding hydrogens is 1600 g/mol. The number of esters is 12. The highest BCUT2D eigenvalue weighted by Crippen LogP contribution is 2.40. The Morgan fingerprint density at radius 2 is 0.504 bits per heavy atom. The van der Waals surface area contributed by atoms with Gasteiger partial charge >= 0.3 is 71.6 Å². The summed E-state index contributed by atoms with van der Waals surface area (Å²) in [7, 11) is -2.02. The molecule has 0 aromatic heterocycles. The molecule has 11 rings (SSSR count). The van der Waals surface area contributed by atoms with Crippen molar-refractivity contribution in [3.8, 4) is 0 Å². The number of hydrogen-bond donors (Lipinski definition) is 0. The van der Waals surface area contributed by atoms with Crippen LogP contribution in [0.4, 0.5) is 0 Å². The van der Waals surface area contributed by atoms with Gasteiger partial charge in [-0.25, -0.2) is 33.6 Å². The van der Waals surface area contributed by atoms with Gasteiger partial charge in [0.15, 0.2) is 92.3 Å². The average Bonchev–Trinajstić information content (AvgIpc) is 0.713. The first-order valence-corrected chi connectivity index (χ1v) is 42.5. The maximum absolute atomic E-state index is 14.9. The van der Waals surface area contributed by atoms with Gasteiger partial charge in [-0.1, -0.05) is 147 Å². The summed E-state index contributed by atoms with van der Waals surface area (Å²) in [6.07, 6.45) is -38.0. The third-order valence-electron chi connectivity index (χ3n) is 19.2. The van der Waals surface area contributed by atoms with Crippen molar-refractivity contribution >= 4 is 79.7 Å². The number of benzene rings is 7. The molecule has 0 bridgehead atoms. The zero-order chi connectivity index (χ0) is 86.4. The van der Waals surface area contributed by atoms with Gasteiger partial charge < -0.3 is 94.7 Å². The molecular formula is C88H92O32Si. The normalized spacial score (nSPS) is 26.3. The van der Waals surface area contributed by atoms with Crippen LogP contribution in [0.2, 0.25) is 25.7 Å². The Morgan fingerprint density at radius 1 is 0.264 bits per heavy atom. The van der Waals surface area contributed by atoms with E-state index in [0.717, 1.165) is 34.6 Å². The van der Waals surface area contributed by atoms with Gasteiger partial charge in [0.2, 0.25) is 0 Å². The van der Waals surface area contributed by atoms with E-state index in [1.807, 2.05) is 0 Å². The molecule has 4 fully saturated rings. The van der Waals surface area contributed by atoms with Crippen LogP contribution < -0.4 is 0 Å². The molecule has 0 saturated carbocycles. The van der Waals surface area contributed by atoms with Crippen LogP contribution in [0.5, 0.6) is 0 Å². The molecule has 32 nitrogen and oxygen atoms in total. The van der Waals surface area contributed by atoms with Crippen LogP contribution in [0.25, 0.3) is 0 Å². The van der Waals surface area contributed by atoms with Crippen LogP contribution in [-0.4, -0.2) is 229 Å². The van der Waals surface area contributed by atoms with Gasteiger partial charge in [0.25, 0.3) is 0 Å². The quantitative estimate of drug-likeness (QED) is 0.0215. The van der Waals surface area contributed by atoms with E-state index in [1.54, 1.807) is 103 Å². The van der Waals surface area contributed by atoms with Crippen molar-refractivity contribution in [1.29, 1.82) is 0 Å². The van der Waals surface area contributed by atoms with E-state index in [9.17, 15) is 57.5 Å². The van der Waals surface area contributed by atoms with E-state index in [0.29, 0.717) is 6.04 Å². The van der Waals surface area contributed by atoms with Crippen molar-refractivity contribution in [2.75, 3.05) is 26.4 Å². The van der Waals surface area contributed by atoms with Gasteiger partial charge in [0.1, 0.15) is 31.0 Å². The summed E-state index contributed by atoms with van der Waals surface area (Å²) in [5.74, 6) is -12.3. The van der Waals surface area contributed by atoms with Crippen LogP contribution in [0.15, 0.2) is 212 Å². The monoisotopic (exact) mass is 1690 g/mol. The topological polar surface area (TPSA) is 389 Å². The van der Waals surface area contributed by atoms with E-state index in [2.05, 4.69) is 19.6 Å². The lowest BCUT2D eigenvalue weighted by Crippen LogP contribution is -2.67. The van der Waals surface area contributed by atoms with Gasteiger partial charge in [-0.2, -0.15) is 0 Å². The Labute approximate surface area is 696 Å². The van der Waals surface area contributed by atoms with Crippen LogP contribution >= 0.6 is 0 Å². The van der Waals surface area contributed by atoms with Gasteiger partial charge in [-0.15, -0.1) is 0 Å². The Hall–Kier alpha value is -11.9. The summed E-state index contributed by atoms with van der Waals surface area (Å²) in [5.41, 5.74) is -0.120. The number of rotatable bonds is 32. The van der Waals surface area contributed by atoms with Crippen molar-refractivity contribution in [2.45, 2.75) is 190 Å². The summed E-state index contributed by atoms with van der Waals surface area (Å²) in [6.45, 7) is 9.71. The fraction of sp³-hybridized carbons (Fsp3) is 0.386. The summed E-state index contributed by atoms with van der Waals surface area (Å²) < 4.78 is 128. The lowest BCUT2D eigenvalue weighted by atomic mass is 9.95. The van der Waals surface area contributed by atoms with E-state index < -0.39 is 222 Å². The Balaban J connectivity index is 1.07. The Bertz CT molecular complexity index is 4680.